The van der Waals surface area contributed by atoms with E-state index in [-0.39, 0.29) is 0 Å². The van der Waals surface area contributed by atoms with E-state index < -0.39 is 0 Å². The molecule has 6 heteroatoms. The second-order valence-corrected chi connectivity index (χ2v) is 6.99. The van der Waals surface area contributed by atoms with Crippen LogP contribution in [0.25, 0.3) is 0 Å². The monoisotopic (exact) mass is 315 g/mol. The van der Waals surface area contributed by atoms with Gasteiger partial charge >= 0.3 is 0 Å². The lowest BCUT2D eigenvalue weighted by molar-refractivity contribution is 0.206. The first kappa shape index (κ1) is 14.1. The largest absolute Gasteiger partial charge is 0.366 e. The molecule has 1 atom stereocenters. The Labute approximate surface area is 134 Å². The number of anilines is 1. The highest BCUT2D eigenvalue weighted by atomic mass is 32.1. The number of likely N-dealkylation sites (tertiary alicyclic amines) is 1. The van der Waals surface area contributed by atoms with Gasteiger partial charge in [-0.25, -0.2) is 15.0 Å². The van der Waals surface area contributed by atoms with Gasteiger partial charge in [0.1, 0.15) is 11.6 Å². The van der Waals surface area contributed by atoms with Crippen molar-refractivity contribution in [1.82, 2.24) is 19.9 Å². The molecule has 0 radical (unpaired) electrons. The third-order valence-corrected chi connectivity index (χ3v) is 4.98. The topological polar surface area (TPSA) is 53.9 Å². The Balaban J connectivity index is 1.36. The van der Waals surface area contributed by atoms with Crippen molar-refractivity contribution >= 4 is 17.2 Å². The second kappa shape index (κ2) is 6.30. The van der Waals surface area contributed by atoms with E-state index in [1.807, 2.05) is 17.8 Å². The summed E-state index contributed by atoms with van der Waals surface area (Å²) in [4.78, 5) is 15.9. The van der Waals surface area contributed by atoms with Crippen molar-refractivity contribution in [2.24, 2.45) is 0 Å². The van der Waals surface area contributed by atoms with Gasteiger partial charge in [-0.3, -0.25) is 4.90 Å². The van der Waals surface area contributed by atoms with E-state index in [1.165, 1.54) is 31.4 Å². The molecular formula is C16H21N5S. The summed E-state index contributed by atoms with van der Waals surface area (Å²) in [6.45, 7) is 3.17. The first-order valence-electron chi connectivity index (χ1n) is 8.06. The average Bonchev–Trinajstić information content (AvgIpc) is 3.27. The third-order valence-electron chi connectivity index (χ3n) is 4.34. The summed E-state index contributed by atoms with van der Waals surface area (Å²) in [5.74, 6) is 2.60. The van der Waals surface area contributed by atoms with E-state index in [1.54, 1.807) is 11.3 Å². The van der Waals surface area contributed by atoms with Crippen molar-refractivity contribution in [2.45, 2.75) is 44.2 Å². The predicted octanol–water partition coefficient (Wildman–Crippen LogP) is 2.89. The Hall–Kier alpha value is -1.53. The zero-order valence-corrected chi connectivity index (χ0v) is 13.4. The van der Waals surface area contributed by atoms with Crippen molar-refractivity contribution in [2.75, 3.05) is 18.4 Å². The van der Waals surface area contributed by atoms with Gasteiger partial charge in [0.25, 0.3) is 0 Å². The molecule has 0 spiro atoms. The Kier molecular flexibility index (Phi) is 4.03. The average molecular weight is 315 g/mol. The molecule has 3 heterocycles. The van der Waals surface area contributed by atoms with Crippen LogP contribution in [0.4, 0.5) is 5.82 Å². The molecule has 4 rings (SSSR count). The maximum atomic E-state index is 4.68. The zero-order chi connectivity index (χ0) is 14.8. The minimum Gasteiger partial charge on any atom is -0.366 e. The molecule has 1 N–H and O–H groups in total. The third kappa shape index (κ3) is 3.44. The van der Waals surface area contributed by atoms with E-state index in [2.05, 4.69) is 30.5 Å². The molecule has 2 fully saturated rings. The van der Waals surface area contributed by atoms with Gasteiger partial charge in [-0.2, -0.15) is 0 Å². The Morgan fingerprint density at radius 1 is 1.27 bits per heavy atom. The van der Waals surface area contributed by atoms with Crippen LogP contribution in [0.5, 0.6) is 0 Å². The fourth-order valence-corrected chi connectivity index (χ4v) is 3.61. The summed E-state index contributed by atoms with van der Waals surface area (Å²) in [6, 6.07) is 2.46. The number of aromatic nitrogens is 3. The van der Waals surface area contributed by atoms with Crippen molar-refractivity contribution in [3.63, 3.8) is 0 Å². The summed E-state index contributed by atoms with van der Waals surface area (Å²) in [5.41, 5.74) is 3.10. The van der Waals surface area contributed by atoms with Crippen LogP contribution < -0.4 is 5.32 Å². The SMILES string of the molecule is c1cc(NC2CCCN(Cc3cscn3)C2)nc(C2CC2)n1. The molecular weight excluding hydrogens is 294 g/mol. The molecule has 1 saturated heterocycles. The van der Waals surface area contributed by atoms with Crippen molar-refractivity contribution in [3.8, 4) is 0 Å². The summed E-state index contributed by atoms with van der Waals surface area (Å²) < 4.78 is 0. The highest BCUT2D eigenvalue weighted by molar-refractivity contribution is 7.07. The molecule has 1 aliphatic heterocycles. The zero-order valence-electron chi connectivity index (χ0n) is 12.6. The lowest BCUT2D eigenvalue weighted by Crippen LogP contribution is -2.41. The molecule has 116 valence electrons. The normalized spacial score (nSPS) is 22.6. The van der Waals surface area contributed by atoms with Crippen LogP contribution in [0.1, 0.15) is 43.1 Å². The van der Waals surface area contributed by atoms with Gasteiger partial charge in [-0.15, -0.1) is 11.3 Å². The van der Waals surface area contributed by atoms with Gasteiger partial charge in [0.15, 0.2) is 0 Å². The van der Waals surface area contributed by atoms with Crippen LogP contribution >= 0.6 is 11.3 Å². The molecule has 1 saturated carbocycles. The number of nitrogens with zero attached hydrogens (tertiary/aromatic N) is 4. The maximum absolute atomic E-state index is 4.68. The molecule has 2 aromatic heterocycles. The molecule has 1 unspecified atom stereocenters. The van der Waals surface area contributed by atoms with E-state index in [0.29, 0.717) is 12.0 Å². The van der Waals surface area contributed by atoms with Gasteiger partial charge < -0.3 is 5.32 Å². The van der Waals surface area contributed by atoms with E-state index in [9.17, 15) is 0 Å². The quantitative estimate of drug-likeness (QED) is 0.919. The van der Waals surface area contributed by atoms with E-state index in [4.69, 9.17) is 0 Å². The van der Waals surface area contributed by atoms with Gasteiger partial charge in [-0.1, -0.05) is 0 Å². The van der Waals surface area contributed by atoms with Gasteiger partial charge in [0, 0.05) is 36.6 Å². The molecule has 2 aliphatic rings. The number of hydrogen-bond acceptors (Lipinski definition) is 6. The number of nitrogens with one attached hydrogen (secondary N) is 1. The molecule has 0 aromatic carbocycles. The van der Waals surface area contributed by atoms with Gasteiger partial charge in [-0.05, 0) is 38.3 Å². The lowest BCUT2D eigenvalue weighted by atomic mass is 10.1. The van der Waals surface area contributed by atoms with Crippen LogP contribution in [0.3, 0.4) is 0 Å². The van der Waals surface area contributed by atoms with Crippen LogP contribution in [-0.2, 0) is 6.54 Å². The van der Waals surface area contributed by atoms with Crippen LogP contribution in [0.2, 0.25) is 0 Å². The molecule has 0 amide bonds. The summed E-state index contributed by atoms with van der Waals surface area (Å²) >= 11 is 1.67. The second-order valence-electron chi connectivity index (χ2n) is 6.27. The van der Waals surface area contributed by atoms with Crippen LogP contribution in [0.15, 0.2) is 23.2 Å². The number of piperidine rings is 1. The number of thiazole rings is 1. The standard InChI is InChI=1S/C16H21N5S/c1-2-13(8-21(7-1)9-14-10-22-11-18-14)19-15-5-6-17-16(20-15)12-3-4-12/h5-6,10-13H,1-4,7-9H2,(H,17,19,20). The minimum absolute atomic E-state index is 0.467. The van der Waals surface area contributed by atoms with Gasteiger partial charge in [0.2, 0.25) is 0 Å². The lowest BCUT2D eigenvalue weighted by Gasteiger charge is -2.33. The first-order valence-corrected chi connectivity index (χ1v) is 9.00. The highest BCUT2D eigenvalue weighted by Crippen LogP contribution is 2.38. The van der Waals surface area contributed by atoms with Crippen molar-refractivity contribution < 1.29 is 0 Å². The first-order chi connectivity index (χ1) is 10.9. The maximum Gasteiger partial charge on any atom is 0.133 e. The van der Waals surface area contributed by atoms with Crippen molar-refractivity contribution in [3.05, 3.63) is 34.7 Å². The van der Waals surface area contributed by atoms with Crippen LogP contribution in [-0.4, -0.2) is 39.0 Å². The van der Waals surface area contributed by atoms with E-state index >= 15 is 0 Å². The van der Waals surface area contributed by atoms with E-state index in [0.717, 1.165) is 31.3 Å². The molecule has 0 bridgehead atoms. The molecule has 22 heavy (non-hydrogen) atoms. The molecule has 1 aliphatic carbocycles. The Morgan fingerprint density at radius 3 is 3.05 bits per heavy atom. The molecule has 2 aromatic rings. The smallest absolute Gasteiger partial charge is 0.133 e. The summed E-state index contributed by atoms with van der Waals surface area (Å²) in [6.07, 6.45) is 6.81. The predicted molar refractivity (Wildman–Crippen MR) is 88.0 cm³/mol. The Morgan fingerprint density at radius 2 is 2.23 bits per heavy atom. The Bertz CT molecular complexity index is 611. The number of hydrogen-bond donors (Lipinski definition) is 1. The van der Waals surface area contributed by atoms with Crippen molar-refractivity contribution in [1.29, 1.82) is 0 Å². The highest BCUT2D eigenvalue weighted by Gasteiger charge is 2.27. The van der Waals surface area contributed by atoms with Crippen LogP contribution in [0, 0.1) is 0 Å². The fraction of sp³-hybridized carbons (Fsp3) is 0.562. The number of rotatable bonds is 5. The van der Waals surface area contributed by atoms with Gasteiger partial charge in [0.05, 0.1) is 11.2 Å². The summed E-state index contributed by atoms with van der Waals surface area (Å²) in [5, 5.41) is 5.75. The molecule has 5 nitrogen and oxygen atoms in total. The summed E-state index contributed by atoms with van der Waals surface area (Å²) in [7, 11) is 0. The minimum atomic E-state index is 0.467. The fourth-order valence-electron chi connectivity index (χ4n) is 3.06.